The van der Waals surface area contributed by atoms with Gasteiger partial charge in [0.05, 0.1) is 24.3 Å². The van der Waals surface area contributed by atoms with Gasteiger partial charge in [-0.2, -0.15) is 0 Å². The number of rotatable bonds is 7. The minimum absolute atomic E-state index is 0.0779. The first-order valence-corrected chi connectivity index (χ1v) is 9.94. The van der Waals surface area contributed by atoms with Crippen molar-refractivity contribution in [3.05, 3.63) is 83.4 Å². The van der Waals surface area contributed by atoms with Crippen molar-refractivity contribution in [1.29, 1.82) is 0 Å². The van der Waals surface area contributed by atoms with Crippen LogP contribution in [0.5, 0.6) is 5.75 Å². The quantitative estimate of drug-likeness (QED) is 0.471. The summed E-state index contributed by atoms with van der Waals surface area (Å²) in [7, 11) is 0. The van der Waals surface area contributed by atoms with E-state index >= 15 is 0 Å². The Labute approximate surface area is 167 Å². The average molecular weight is 389 g/mol. The summed E-state index contributed by atoms with van der Waals surface area (Å²) in [4.78, 5) is 15.6. The number of carbonyl (C=O) groups is 1. The zero-order chi connectivity index (χ0) is 19.3. The van der Waals surface area contributed by atoms with E-state index < -0.39 is 5.97 Å². The Hall–Kier alpha value is -3.18. The van der Waals surface area contributed by atoms with Gasteiger partial charge in [-0.3, -0.25) is 4.79 Å². The minimum Gasteiger partial charge on any atom is -0.492 e. The second kappa shape index (κ2) is 8.23. The molecule has 0 saturated carbocycles. The molecule has 1 N–H and O–H groups in total. The Kier molecular flexibility index (Phi) is 5.35. The van der Waals surface area contributed by atoms with E-state index in [9.17, 15) is 4.79 Å². The molecule has 0 unspecified atom stereocenters. The van der Waals surface area contributed by atoms with Gasteiger partial charge >= 0.3 is 5.97 Å². The first kappa shape index (κ1) is 18.2. The van der Waals surface area contributed by atoms with Crippen LogP contribution in [0.4, 0.5) is 0 Å². The number of hydrogen-bond donors (Lipinski definition) is 1. The molecule has 4 aromatic rings. The maximum atomic E-state index is 11.0. The third-order valence-electron chi connectivity index (χ3n) is 4.48. The molecule has 0 saturated heterocycles. The molecular weight excluding hydrogens is 370 g/mol. The molecule has 3 aromatic carbocycles. The lowest BCUT2D eigenvalue weighted by atomic mass is 10.0. The van der Waals surface area contributed by atoms with E-state index in [2.05, 4.69) is 23.2 Å². The number of hydrogen-bond acceptors (Lipinski definition) is 4. The largest absolute Gasteiger partial charge is 0.492 e. The number of carboxylic acid groups (broad SMARTS) is 1. The van der Waals surface area contributed by atoms with Crippen LogP contribution in [0.15, 0.2) is 72.1 Å². The Morgan fingerprint density at radius 3 is 2.61 bits per heavy atom. The molecule has 0 aliphatic heterocycles. The minimum atomic E-state index is -0.880. The second-order valence-corrected chi connectivity index (χ2v) is 7.32. The van der Waals surface area contributed by atoms with Crippen molar-refractivity contribution in [2.24, 2.45) is 0 Å². The zero-order valence-electron chi connectivity index (χ0n) is 15.2. The number of fused-ring (bicyclic) bond motifs is 1. The smallest absolute Gasteiger partial charge is 0.309 e. The number of ether oxygens (including phenoxy) is 1. The highest BCUT2D eigenvalue weighted by molar-refractivity contribution is 7.13. The molecule has 4 rings (SSSR count). The van der Waals surface area contributed by atoms with E-state index in [0.717, 1.165) is 33.5 Å². The maximum Gasteiger partial charge on any atom is 0.309 e. The highest BCUT2D eigenvalue weighted by atomic mass is 32.1. The zero-order valence-corrected chi connectivity index (χ0v) is 16.0. The molecule has 28 heavy (non-hydrogen) atoms. The van der Waals surface area contributed by atoms with Crippen LogP contribution in [-0.4, -0.2) is 22.7 Å². The summed E-state index contributed by atoms with van der Waals surface area (Å²) in [5.74, 6) is -0.111. The molecule has 5 heteroatoms. The van der Waals surface area contributed by atoms with Gasteiger partial charge in [-0.25, -0.2) is 4.98 Å². The summed E-state index contributed by atoms with van der Waals surface area (Å²) >= 11 is 1.45. The highest BCUT2D eigenvalue weighted by Crippen LogP contribution is 2.38. The first-order valence-electron chi connectivity index (χ1n) is 9.06. The van der Waals surface area contributed by atoms with Gasteiger partial charge in [-0.05, 0) is 22.4 Å². The predicted molar refractivity (Wildman–Crippen MR) is 112 cm³/mol. The van der Waals surface area contributed by atoms with Crippen molar-refractivity contribution in [2.75, 3.05) is 6.61 Å². The summed E-state index contributed by atoms with van der Waals surface area (Å²) in [5, 5.41) is 13.8. The number of carboxylic acids is 1. The lowest BCUT2D eigenvalue weighted by Crippen LogP contribution is -2.03. The van der Waals surface area contributed by atoms with Crippen LogP contribution in [0.3, 0.4) is 0 Å². The monoisotopic (exact) mass is 389 g/mol. The van der Waals surface area contributed by atoms with Gasteiger partial charge in [-0.1, -0.05) is 60.7 Å². The molecule has 0 aliphatic carbocycles. The van der Waals surface area contributed by atoms with Crippen molar-refractivity contribution in [2.45, 2.75) is 12.8 Å². The number of aliphatic carboxylic acids is 1. The maximum absolute atomic E-state index is 11.0. The molecule has 1 aromatic heterocycles. The molecular formula is C23H19NO3S. The van der Waals surface area contributed by atoms with Gasteiger partial charge < -0.3 is 9.84 Å². The molecule has 140 valence electrons. The second-order valence-electron chi connectivity index (χ2n) is 6.46. The molecule has 4 nitrogen and oxygen atoms in total. The fraction of sp³-hybridized carbons (Fsp3) is 0.130. The summed E-state index contributed by atoms with van der Waals surface area (Å²) < 4.78 is 6.14. The van der Waals surface area contributed by atoms with Crippen LogP contribution in [0.1, 0.15) is 11.3 Å². The van der Waals surface area contributed by atoms with Crippen molar-refractivity contribution in [1.82, 2.24) is 4.98 Å². The van der Waals surface area contributed by atoms with Gasteiger partial charge in [0.15, 0.2) is 0 Å². The van der Waals surface area contributed by atoms with E-state index in [1.807, 2.05) is 48.5 Å². The van der Waals surface area contributed by atoms with E-state index in [1.54, 1.807) is 5.38 Å². The van der Waals surface area contributed by atoms with Crippen molar-refractivity contribution in [3.63, 3.8) is 0 Å². The van der Waals surface area contributed by atoms with E-state index in [1.165, 1.54) is 16.9 Å². The molecule has 0 atom stereocenters. The Bertz CT molecular complexity index is 1110. The van der Waals surface area contributed by atoms with E-state index in [0.29, 0.717) is 12.3 Å². The number of benzene rings is 3. The van der Waals surface area contributed by atoms with Crippen LogP contribution in [0.25, 0.3) is 21.3 Å². The lowest BCUT2D eigenvalue weighted by Gasteiger charge is -2.13. The molecule has 0 aliphatic rings. The summed E-state index contributed by atoms with van der Waals surface area (Å²) in [5.41, 5.74) is 2.71. The van der Waals surface area contributed by atoms with Gasteiger partial charge in [0.25, 0.3) is 0 Å². The molecule has 1 heterocycles. The number of thiazole rings is 1. The normalized spacial score (nSPS) is 10.9. The van der Waals surface area contributed by atoms with Gasteiger partial charge in [0.1, 0.15) is 10.8 Å². The average Bonchev–Trinajstić information content (AvgIpc) is 3.15. The molecule has 0 amide bonds. The third-order valence-corrected chi connectivity index (χ3v) is 5.39. The summed E-state index contributed by atoms with van der Waals surface area (Å²) in [6, 6.07) is 22.3. The molecule has 0 bridgehead atoms. The van der Waals surface area contributed by atoms with Crippen LogP contribution in [0, 0.1) is 0 Å². The first-order chi connectivity index (χ1) is 13.7. The van der Waals surface area contributed by atoms with Crippen LogP contribution in [0.2, 0.25) is 0 Å². The predicted octanol–water partition coefficient (Wildman–Crippen LogP) is 5.21. The molecule has 0 spiro atoms. The Morgan fingerprint density at radius 1 is 1.00 bits per heavy atom. The van der Waals surface area contributed by atoms with Crippen LogP contribution < -0.4 is 4.74 Å². The van der Waals surface area contributed by atoms with Crippen molar-refractivity contribution < 1.29 is 14.6 Å². The van der Waals surface area contributed by atoms with E-state index in [4.69, 9.17) is 9.84 Å². The fourth-order valence-corrected chi connectivity index (χ4v) is 4.06. The number of nitrogens with zero attached hydrogens (tertiary/aromatic N) is 1. The van der Waals surface area contributed by atoms with Gasteiger partial charge in [-0.15, -0.1) is 11.3 Å². The molecule has 0 fully saturated rings. The van der Waals surface area contributed by atoms with E-state index in [-0.39, 0.29) is 6.42 Å². The van der Waals surface area contributed by atoms with Crippen LogP contribution >= 0.6 is 11.3 Å². The van der Waals surface area contributed by atoms with Crippen LogP contribution in [-0.2, 0) is 17.6 Å². The van der Waals surface area contributed by atoms with Crippen molar-refractivity contribution >= 4 is 28.1 Å². The standard InChI is InChI=1S/C23H19NO3S/c25-21(26)14-18-15-28-23(24-18)22-19-9-5-4-8-17(19)10-11-20(22)27-13-12-16-6-2-1-3-7-16/h1-11,15H,12-14H2,(H,25,26). The van der Waals surface area contributed by atoms with Gasteiger partial charge in [0.2, 0.25) is 0 Å². The number of aromatic nitrogens is 1. The Balaban J connectivity index is 1.67. The molecule has 0 radical (unpaired) electrons. The fourth-order valence-electron chi connectivity index (χ4n) is 3.17. The summed E-state index contributed by atoms with van der Waals surface area (Å²) in [6.07, 6.45) is 0.737. The summed E-state index contributed by atoms with van der Waals surface area (Å²) in [6.45, 7) is 0.558. The lowest BCUT2D eigenvalue weighted by molar-refractivity contribution is -0.136. The topological polar surface area (TPSA) is 59.4 Å². The highest BCUT2D eigenvalue weighted by Gasteiger charge is 2.16. The van der Waals surface area contributed by atoms with Gasteiger partial charge in [0, 0.05) is 11.8 Å². The third kappa shape index (κ3) is 4.05. The van der Waals surface area contributed by atoms with Crippen molar-refractivity contribution in [3.8, 4) is 16.3 Å². The Morgan fingerprint density at radius 2 is 1.79 bits per heavy atom. The SMILES string of the molecule is O=C(O)Cc1csc(-c2c(OCCc3ccccc3)ccc3ccccc23)n1.